The summed E-state index contributed by atoms with van der Waals surface area (Å²) in [5.41, 5.74) is 2.79. The summed E-state index contributed by atoms with van der Waals surface area (Å²) in [5, 5.41) is 10.2. The number of halogens is 1. The topological polar surface area (TPSA) is 33.1 Å². The predicted molar refractivity (Wildman–Crippen MR) is 67.2 cm³/mol. The molecule has 82 valence electrons. The van der Waals surface area contributed by atoms with Crippen molar-refractivity contribution in [1.82, 2.24) is 4.98 Å². The predicted octanol–water partition coefficient (Wildman–Crippen LogP) is 3.23. The van der Waals surface area contributed by atoms with Crippen molar-refractivity contribution in [2.24, 2.45) is 0 Å². The van der Waals surface area contributed by atoms with Crippen molar-refractivity contribution in [2.75, 3.05) is 0 Å². The SMILES string of the molecule is Cc1cc(Br)ccc1C(O)c1cccnc1. The van der Waals surface area contributed by atoms with Crippen molar-refractivity contribution >= 4 is 15.9 Å². The molecule has 0 aliphatic rings. The molecular weight excluding hydrogens is 266 g/mol. The molecule has 2 rings (SSSR count). The molecule has 1 atom stereocenters. The van der Waals surface area contributed by atoms with Gasteiger partial charge in [-0.25, -0.2) is 0 Å². The van der Waals surface area contributed by atoms with E-state index in [1.54, 1.807) is 12.4 Å². The number of aliphatic hydroxyl groups excluding tert-OH is 1. The number of benzene rings is 1. The molecular formula is C13H12BrNO. The third-order valence-electron chi connectivity index (χ3n) is 2.53. The molecule has 0 fully saturated rings. The van der Waals surface area contributed by atoms with E-state index < -0.39 is 6.10 Å². The fourth-order valence-electron chi connectivity index (χ4n) is 1.66. The second kappa shape index (κ2) is 4.76. The first-order valence-electron chi connectivity index (χ1n) is 5.02. The van der Waals surface area contributed by atoms with Gasteiger partial charge in [0.05, 0.1) is 0 Å². The molecule has 0 aliphatic heterocycles. The van der Waals surface area contributed by atoms with Gasteiger partial charge in [0.1, 0.15) is 6.10 Å². The molecule has 2 aromatic rings. The largest absolute Gasteiger partial charge is 0.384 e. The second-order valence-electron chi connectivity index (χ2n) is 3.69. The van der Waals surface area contributed by atoms with E-state index in [2.05, 4.69) is 20.9 Å². The lowest BCUT2D eigenvalue weighted by molar-refractivity contribution is 0.219. The molecule has 0 saturated carbocycles. The van der Waals surface area contributed by atoms with Crippen LogP contribution >= 0.6 is 15.9 Å². The summed E-state index contributed by atoms with van der Waals surface area (Å²) in [6, 6.07) is 9.56. The van der Waals surface area contributed by atoms with Crippen LogP contribution in [0.4, 0.5) is 0 Å². The molecule has 1 unspecified atom stereocenters. The second-order valence-corrected chi connectivity index (χ2v) is 4.61. The zero-order valence-electron chi connectivity index (χ0n) is 8.89. The molecule has 0 radical (unpaired) electrons. The lowest BCUT2D eigenvalue weighted by Gasteiger charge is -2.13. The van der Waals surface area contributed by atoms with Gasteiger partial charge in [0.15, 0.2) is 0 Å². The first-order chi connectivity index (χ1) is 7.68. The van der Waals surface area contributed by atoms with E-state index >= 15 is 0 Å². The van der Waals surface area contributed by atoms with Crippen molar-refractivity contribution in [3.63, 3.8) is 0 Å². The Morgan fingerprint density at radius 2 is 2.12 bits per heavy atom. The average Bonchev–Trinajstić information content (AvgIpc) is 2.29. The minimum atomic E-state index is -0.609. The molecule has 0 aliphatic carbocycles. The van der Waals surface area contributed by atoms with Gasteiger partial charge in [0.25, 0.3) is 0 Å². The summed E-state index contributed by atoms with van der Waals surface area (Å²) in [6.07, 6.45) is 2.78. The van der Waals surface area contributed by atoms with Crippen molar-refractivity contribution in [3.05, 3.63) is 63.9 Å². The van der Waals surface area contributed by atoms with Gasteiger partial charge < -0.3 is 5.11 Å². The van der Waals surface area contributed by atoms with Crippen LogP contribution in [-0.2, 0) is 0 Å². The number of aliphatic hydroxyl groups is 1. The third-order valence-corrected chi connectivity index (χ3v) is 3.02. The molecule has 3 heteroatoms. The van der Waals surface area contributed by atoms with Crippen LogP contribution in [0.5, 0.6) is 0 Å². The Morgan fingerprint density at radius 3 is 2.75 bits per heavy atom. The molecule has 1 aromatic heterocycles. The fourth-order valence-corrected chi connectivity index (χ4v) is 2.14. The highest BCUT2D eigenvalue weighted by molar-refractivity contribution is 9.10. The highest BCUT2D eigenvalue weighted by atomic mass is 79.9. The van der Waals surface area contributed by atoms with Crippen LogP contribution in [0.2, 0.25) is 0 Å². The van der Waals surface area contributed by atoms with E-state index in [0.717, 1.165) is 21.2 Å². The molecule has 1 N–H and O–H groups in total. The van der Waals surface area contributed by atoms with Crippen molar-refractivity contribution in [1.29, 1.82) is 0 Å². The molecule has 2 nitrogen and oxygen atoms in total. The Labute approximate surface area is 103 Å². The quantitative estimate of drug-likeness (QED) is 0.914. The van der Waals surface area contributed by atoms with Crippen LogP contribution in [0.25, 0.3) is 0 Å². The minimum Gasteiger partial charge on any atom is -0.384 e. The van der Waals surface area contributed by atoms with Crippen molar-refractivity contribution in [3.8, 4) is 0 Å². The highest BCUT2D eigenvalue weighted by Crippen LogP contribution is 2.26. The lowest BCUT2D eigenvalue weighted by atomic mass is 9.99. The summed E-state index contributed by atoms with van der Waals surface area (Å²) in [4.78, 5) is 4.01. The van der Waals surface area contributed by atoms with Crippen molar-refractivity contribution < 1.29 is 5.11 Å². The van der Waals surface area contributed by atoms with Gasteiger partial charge in [-0.2, -0.15) is 0 Å². The van der Waals surface area contributed by atoms with Gasteiger partial charge in [0.2, 0.25) is 0 Å². The Balaban J connectivity index is 2.38. The molecule has 16 heavy (non-hydrogen) atoms. The maximum Gasteiger partial charge on any atom is 0.106 e. The molecule has 0 spiro atoms. The van der Waals surface area contributed by atoms with Gasteiger partial charge in [-0.3, -0.25) is 4.98 Å². The minimum absolute atomic E-state index is 0.609. The number of aromatic nitrogens is 1. The Kier molecular flexibility index (Phi) is 3.36. The first-order valence-corrected chi connectivity index (χ1v) is 5.82. The van der Waals surface area contributed by atoms with Crippen LogP contribution in [0.15, 0.2) is 47.2 Å². The third kappa shape index (κ3) is 2.31. The Hall–Kier alpha value is -1.19. The summed E-state index contributed by atoms with van der Waals surface area (Å²) in [5.74, 6) is 0. The monoisotopic (exact) mass is 277 g/mol. The fraction of sp³-hybridized carbons (Fsp3) is 0.154. The summed E-state index contributed by atoms with van der Waals surface area (Å²) in [7, 11) is 0. The number of hydrogen-bond donors (Lipinski definition) is 1. The molecule has 0 bridgehead atoms. The number of nitrogens with zero attached hydrogens (tertiary/aromatic N) is 1. The zero-order valence-corrected chi connectivity index (χ0v) is 10.5. The van der Waals surface area contributed by atoms with Crippen molar-refractivity contribution in [2.45, 2.75) is 13.0 Å². The van der Waals surface area contributed by atoms with Crippen LogP contribution < -0.4 is 0 Å². The number of pyridine rings is 1. The lowest BCUT2D eigenvalue weighted by Crippen LogP contribution is -2.02. The zero-order chi connectivity index (χ0) is 11.5. The van der Waals surface area contributed by atoms with Gasteiger partial charge in [-0.05, 0) is 36.2 Å². The standard InChI is InChI=1S/C13H12BrNO/c1-9-7-11(14)4-5-12(9)13(16)10-3-2-6-15-8-10/h2-8,13,16H,1H3. The van der Waals surface area contributed by atoms with E-state index in [1.807, 2.05) is 37.3 Å². The molecule has 0 saturated heterocycles. The normalized spacial score (nSPS) is 12.4. The van der Waals surface area contributed by atoms with Crippen LogP contribution in [0.3, 0.4) is 0 Å². The molecule has 0 amide bonds. The summed E-state index contributed by atoms with van der Waals surface area (Å²) >= 11 is 3.41. The van der Waals surface area contributed by atoms with Gasteiger partial charge >= 0.3 is 0 Å². The number of hydrogen-bond acceptors (Lipinski definition) is 2. The Bertz CT molecular complexity index is 485. The highest BCUT2D eigenvalue weighted by Gasteiger charge is 2.12. The van der Waals surface area contributed by atoms with Crippen LogP contribution in [-0.4, -0.2) is 10.1 Å². The van der Waals surface area contributed by atoms with E-state index in [4.69, 9.17) is 0 Å². The van der Waals surface area contributed by atoms with E-state index in [-0.39, 0.29) is 0 Å². The van der Waals surface area contributed by atoms with E-state index in [9.17, 15) is 5.11 Å². The van der Waals surface area contributed by atoms with Crippen LogP contribution in [0.1, 0.15) is 22.8 Å². The summed E-state index contributed by atoms with van der Waals surface area (Å²) in [6.45, 7) is 1.99. The maximum atomic E-state index is 10.2. The Morgan fingerprint density at radius 1 is 1.31 bits per heavy atom. The maximum absolute atomic E-state index is 10.2. The van der Waals surface area contributed by atoms with Gasteiger partial charge in [-0.1, -0.05) is 28.1 Å². The van der Waals surface area contributed by atoms with Gasteiger partial charge in [0, 0.05) is 22.4 Å². The number of aryl methyl sites for hydroxylation is 1. The van der Waals surface area contributed by atoms with E-state index in [1.165, 1.54) is 0 Å². The first kappa shape index (κ1) is 11.3. The van der Waals surface area contributed by atoms with Crippen LogP contribution in [0, 0.1) is 6.92 Å². The number of rotatable bonds is 2. The van der Waals surface area contributed by atoms with E-state index in [0.29, 0.717) is 0 Å². The van der Waals surface area contributed by atoms with Gasteiger partial charge in [-0.15, -0.1) is 0 Å². The average molecular weight is 278 g/mol. The molecule has 1 heterocycles. The smallest absolute Gasteiger partial charge is 0.106 e. The summed E-state index contributed by atoms with van der Waals surface area (Å²) < 4.78 is 1.02. The molecule has 1 aromatic carbocycles.